The van der Waals surface area contributed by atoms with Crippen LogP contribution in [0.5, 0.6) is 0 Å². The van der Waals surface area contributed by atoms with Gasteiger partial charge in [0.15, 0.2) is 0 Å². The topological polar surface area (TPSA) is 40.5 Å². The molecule has 0 spiro atoms. The number of fused-ring (bicyclic) bond motifs is 1. The average molecular weight is 307 g/mol. The summed E-state index contributed by atoms with van der Waals surface area (Å²) in [5.74, 6) is 0.900. The second kappa shape index (κ2) is 6.09. The van der Waals surface area contributed by atoms with Crippen molar-refractivity contribution in [3.05, 3.63) is 21.9 Å². The van der Waals surface area contributed by atoms with E-state index in [2.05, 4.69) is 18.7 Å². The minimum atomic E-state index is -0.680. The SMILES string of the molecule is CC(C)C1CCC(N2CCc3sccc3C2C(=O)O)CC1. The highest BCUT2D eigenvalue weighted by atomic mass is 32.1. The molecule has 1 saturated carbocycles. The predicted molar refractivity (Wildman–Crippen MR) is 85.7 cm³/mol. The van der Waals surface area contributed by atoms with Gasteiger partial charge in [0.2, 0.25) is 0 Å². The highest BCUT2D eigenvalue weighted by Gasteiger charge is 2.38. The third kappa shape index (κ3) is 2.88. The molecule has 3 nitrogen and oxygen atoms in total. The van der Waals surface area contributed by atoms with Gasteiger partial charge in [-0.3, -0.25) is 9.69 Å². The van der Waals surface area contributed by atoms with E-state index < -0.39 is 12.0 Å². The highest BCUT2D eigenvalue weighted by Crippen LogP contribution is 2.39. The molecule has 0 radical (unpaired) electrons. The molecule has 2 heterocycles. The monoisotopic (exact) mass is 307 g/mol. The molecule has 0 aromatic carbocycles. The molecule has 0 saturated heterocycles. The van der Waals surface area contributed by atoms with Crippen LogP contribution in [-0.4, -0.2) is 28.6 Å². The van der Waals surface area contributed by atoms with Crippen LogP contribution in [0.4, 0.5) is 0 Å². The van der Waals surface area contributed by atoms with Crippen molar-refractivity contribution in [1.29, 1.82) is 0 Å². The zero-order valence-electron chi connectivity index (χ0n) is 12.9. The second-order valence-electron chi connectivity index (χ2n) is 6.84. The lowest BCUT2D eigenvalue weighted by Crippen LogP contribution is -2.47. The molecule has 3 rings (SSSR count). The molecule has 1 aliphatic heterocycles. The van der Waals surface area contributed by atoms with E-state index in [1.165, 1.54) is 17.7 Å². The highest BCUT2D eigenvalue weighted by molar-refractivity contribution is 7.10. The van der Waals surface area contributed by atoms with Gasteiger partial charge in [-0.25, -0.2) is 0 Å². The fourth-order valence-corrected chi connectivity index (χ4v) is 5.01. The standard InChI is InChI=1S/C17H25NO2S/c1-11(2)12-3-5-13(6-4-12)18-9-7-15-14(8-10-21-15)16(18)17(19)20/h8,10-13,16H,3-7,9H2,1-2H3,(H,19,20). The molecule has 1 aromatic rings. The largest absolute Gasteiger partial charge is 0.480 e. The number of carboxylic acids is 1. The molecule has 21 heavy (non-hydrogen) atoms. The Bertz CT molecular complexity index is 503. The first kappa shape index (κ1) is 15.0. The van der Waals surface area contributed by atoms with E-state index in [-0.39, 0.29) is 0 Å². The number of thiophene rings is 1. The van der Waals surface area contributed by atoms with E-state index >= 15 is 0 Å². The Hall–Kier alpha value is -0.870. The van der Waals surface area contributed by atoms with Crippen molar-refractivity contribution in [3.8, 4) is 0 Å². The quantitative estimate of drug-likeness (QED) is 0.919. The first-order valence-corrected chi connectivity index (χ1v) is 9.00. The van der Waals surface area contributed by atoms with Gasteiger partial charge in [0.05, 0.1) is 0 Å². The molecule has 2 aliphatic rings. The van der Waals surface area contributed by atoms with E-state index in [0.29, 0.717) is 6.04 Å². The van der Waals surface area contributed by atoms with Crippen molar-refractivity contribution in [1.82, 2.24) is 4.90 Å². The van der Waals surface area contributed by atoms with E-state index in [1.54, 1.807) is 11.3 Å². The van der Waals surface area contributed by atoms with Crippen LogP contribution in [0.2, 0.25) is 0 Å². The van der Waals surface area contributed by atoms with Gasteiger partial charge in [-0.05, 0) is 60.9 Å². The van der Waals surface area contributed by atoms with Gasteiger partial charge < -0.3 is 5.11 Å². The van der Waals surface area contributed by atoms with E-state index in [0.717, 1.165) is 43.2 Å². The number of carboxylic acid groups (broad SMARTS) is 1. The first-order chi connectivity index (χ1) is 10.1. The summed E-state index contributed by atoms with van der Waals surface area (Å²) in [6.07, 6.45) is 5.84. The Balaban J connectivity index is 1.75. The average Bonchev–Trinajstić information content (AvgIpc) is 2.94. The molecule has 0 bridgehead atoms. The van der Waals surface area contributed by atoms with Crippen molar-refractivity contribution >= 4 is 17.3 Å². The lowest BCUT2D eigenvalue weighted by molar-refractivity contribution is -0.145. The van der Waals surface area contributed by atoms with Crippen LogP contribution < -0.4 is 0 Å². The number of carbonyl (C=O) groups is 1. The molecule has 1 unspecified atom stereocenters. The molecule has 1 N–H and O–H groups in total. The summed E-state index contributed by atoms with van der Waals surface area (Å²) in [4.78, 5) is 15.3. The maximum Gasteiger partial charge on any atom is 0.325 e. The fourth-order valence-electron chi connectivity index (χ4n) is 4.10. The van der Waals surface area contributed by atoms with Gasteiger partial charge in [-0.1, -0.05) is 13.8 Å². The number of aliphatic carboxylic acids is 1. The summed E-state index contributed by atoms with van der Waals surface area (Å²) in [6, 6.07) is 2.06. The summed E-state index contributed by atoms with van der Waals surface area (Å²) in [7, 11) is 0. The van der Waals surface area contributed by atoms with Crippen LogP contribution in [0.25, 0.3) is 0 Å². The lowest BCUT2D eigenvalue weighted by Gasteiger charge is -2.42. The van der Waals surface area contributed by atoms with Gasteiger partial charge >= 0.3 is 5.97 Å². The Morgan fingerprint density at radius 3 is 2.67 bits per heavy atom. The zero-order chi connectivity index (χ0) is 15.0. The number of nitrogens with zero attached hydrogens (tertiary/aromatic N) is 1. The smallest absolute Gasteiger partial charge is 0.325 e. The molecule has 116 valence electrons. The van der Waals surface area contributed by atoms with Crippen LogP contribution in [-0.2, 0) is 11.2 Å². The van der Waals surface area contributed by atoms with Crippen molar-refractivity contribution in [2.75, 3.05) is 6.54 Å². The molecule has 1 aliphatic carbocycles. The first-order valence-electron chi connectivity index (χ1n) is 8.12. The maximum absolute atomic E-state index is 11.8. The van der Waals surface area contributed by atoms with Crippen LogP contribution >= 0.6 is 11.3 Å². The third-order valence-corrected chi connectivity index (χ3v) is 6.39. The van der Waals surface area contributed by atoms with Crippen molar-refractivity contribution in [2.45, 2.75) is 58.0 Å². The Morgan fingerprint density at radius 1 is 1.33 bits per heavy atom. The molecule has 4 heteroatoms. The normalized spacial score (nSPS) is 30.3. The minimum absolute atomic E-state index is 0.416. The van der Waals surface area contributed by atoms with Crippen LogP contribution in [0, 0.1) is 11.8 Å². The number of hydrogen-bond acceptors (Lipinski definition) is 3. The van der Waals surface area contributed by atoms with Gasteiger partial charge in [0.25, 0.3) is 0 Å². The van der Waals surface area contributed by atoms with Gasteiger partial charge in [-0.15, -0.1) is 11.3 Å². The van der Waals surface area contributed by atoms with Crippen LogP contribution in [0.1, 0.15) is 56.0 Å². The van der Waals surface area contributed by atoms with E-state index in [4.69, 9.17) is 0 Å². The summed E-state index contributed by atoms with van der Waals surface area (Å²) >= 11 is 1.71. The summed E-state index contributed by atoms with van der Waals surface area (Å²) in [5, 5.41) is 11.7. The van der Waals surface area contributed by atoms with Crippen LogP contribution in [0.15, 0.2) is 11.4 Å². The summed E-state index contributed by atoms with van der Waals surface area (Å²) in [5.41, 5.74) is 1.05. The zero-order valence-corrected chi connectivity index (χ0v) is 13.7. The number of hydrogen-bond donors (Lipinski definition) is 1. The van der Waals surface area contributed by atoms with Crippen molar-refractivity contribution in [2.24, 2.45) is 11.8 Å². The molecular formula is C17H25NO2S. The molecule has 1 atom stereocenters. The number of rotatable bonds is 3. The Kier molecular flexibility index (Phi) is 4.36. The third-order valence-electron chi connectivity index (χ3n) is 5.39. The fraction of sp³-hybridized carbons (Fsp3) is 0.706. The second-order valence-corrected chi connectivity index (χ2v) is 7.84. The van der Waals surface area contributed by atoms with Gasteiger partial charge in [0.1, 0.15) is 6.04 Å². The Morgan fingerprint density at radius 2 is 2.05 bits per heavy atom. The minimum Gasteiger partial charge on any atom is -0.480 e. The van der Waals surface area contributed by atoms with Gasteiger partial charge in [-0.2, -0.15) is 0 Å². The Labute approximate surface area is 131 Å². The van der Waals surface area contributed by atoms with Crippen LogP contribution in [0.3, 0.4) is 0 Å². The van der Waals surface area contributed by atoms with E-state index in [9.17, 15) is 9.90 Å². The molecule has 0 amide bonds. The van der Waals surface area contributed by atoms with E-state index in [1.807, 2.05) is 11.4 Å². The maximum atomic E-state index is 11.8. The predicted octanol–water partition coefficient (Wildman–Crippen LogP) is 3.95. The lowest BCUT2D eigenvalue weighted by atomic mass is 9.78. The summed E-state index contributed by atoms with van der Waals surface area (Å²) < 4.78 is 0. The molecule has 1 fully saturated rings. The molecule has 1 aromatic heterocycles. The molecular weight excluding hydrogens is 282 g/mol. The van der Waals surface area contributed by atoms with Crippen molar-refractivity contribution in [3.63, 3.8) is 0 Å². The van der Waals surface area contributed by atoms with Crippen molar-refractivity contribution < 1.29 is 9.90 Å². The summed E-state index contributed by atoms with van der Waals surface area (Å²) in [6.45, 7) is 5.52. The van der Waals surface area contributed by atoms with Gasteiger partial charge in [0, 0.05) is 17.5 Å².